The Morgan fingerprint density at radius 3 is 2.17 bits per heavy atom. The predicted molar refractivity (Wildman–Crippen MR) is 96.1 cm³/mol. The minimum absolute atomic E-state index is 0.404. The highest BCUT2D eigenvalue weighted by atomic mass is 16.5. The van der Waals surface area contributed by atoms with Crippen molar-refractivity contribution in [3.05, 3.63) is 0 Å². The largest absolute Gasteiger partial charge is 0.388 e. The molecular formula is C17H37N3O3. The Hall–Kier alpha value is -0.850. The lowest BCUT2D eigenvalue weighted by molar-refractivity contribution is 0.0416. The quantitative estimate of drug-likeness (QED) is 0.258. The molecule has 0 unspecified atom stereocenters. The standard InChI is InChI=1S/C17H37N3O3/c1-5-9-11-22-13-14-23-12-10-19-16(18-8-4)20-15-17(21,6-2)7-3/h21H,5-15H2,1-4H3,(H2,18,19,20). The minimum Gasteiger partial charge on any atom is -0.388 e. The summed E-state index contributed by atoms with van der Waals surface area (Å²) in [6.07, 6.45) is 3.66. The van der Waals surface area contributed by atoms with E-state index in [4.69, 9.17) is 9.47 Å². The van der Waals surface area contributed by atoms with Gasteiger partial charge in [-0.25, -0.2) is 0 Å². The number of hydrogen-bond acceptors (Lipinski definition) is 4. The number of guanidine groups is 1. The van der Waals surface area contributed by atoms with E-state index in [2.05, 4.69) is 22.5 Å². The van der Waals surface area contributed by atoms with Crippen LogP contribution in [0.15, 0.2) is 4.99 Å². The van der Waals surface area contributed by atoms with Gasteiger partial charge in [0.1, 0.15) is 0 Å². The molecule has 0 heterocycles. The molecule has 0 saturated carbocycles. The number of unbranched alkanes of at least 4 members (excludes halogenated alkanes) is 1. The van der Waals surface area contributed by atoms with Crippen molar-refractivity contribution < 1.29 is 14.6 Å². The Labute approximate surface area is 142 Å². The Kier molecular flexibility index (Phi) is 14.2. The number of aliphatic imine (C=N–C) groups is 1. The van der Waals surface area contributed by atoms with Crippen molar-refractivity contribution in [1.29, 1.82) is 0 Å². The first-order chi connectivity index (χ1) is 11.1. The highest BCUT2D eigenvalue weighted by Gasteiger charge is 2.21. The molecule has 0 aromatic rings. The molecule has 0 aliphatic heterocycles. The van der Waals surface area contributed by atoms with Crippen LogP contribution in [0.1, 0.15) is 53.4 Å². The molecule has 0 rings (SSSR count). The molecule has 0 spiro atoms. The molecule has 0 aromatic heterocycles. The summed E-state index contributed by atoms with van der Waals surface area (Å²) in [7, 11) is 0. The van der Waals surface area contributed by atoms with Crippen molar-refractivity contribution >= 4 is 5.96 Å². The van der Waals surface area contributed by atoms with E-state index in [1.165, 1.54) is 0 Å². The van der Waals surface area contributed by atoms with E-state index in [1.807, 2.05) is 20.8 Å². The highest BCUT2D eigenvalue weighted by Crippen LogP contribution is 2.14. The zero-order valence-corrected chi connectivity index (χ0v) is 15.5. The number of hydrogen-bond donors (Lipinski definition) is 3. The van der Waals surface area contributed by atoms with Gasteiger partial charge in [-0.2, -0.15) is 0 Å². The first kappa shape index (κ1) is 22.1. The number of nitrogens with one attached hydrogen (secondary N) is 2. The molecule has 0 amide bonds. The second kappa shape index (κ2) is 14.7. The van der Waals surface area contributed by atoms with Crippen molar-refractivity contribution in [3.8, 4) is 0 Å². The van der Waals surface area contributed by atoms with Gasteiger partial charge >= 0.3 is 0 Å². The summed E-state index contributed by atoms with van der Waals surface area (Å²) < 4.78 is 10.9. The molecule has 0 fully saturated rings. The summed E-state index contributed by atoms with van der Waals surface area (Å²) in [5, 5.41) is 16.7. The fraction of sp³-hybridized carbons (Fsp3) is 0.941. The fourth-order valence-electron chi connectivity index (χ4n) is 1.85. The SMILES string of the molecule is CCCCOCCOCCNC(=NCC(O)(CC)CC)NCC. The van der Waals surface area contributed by atoms with Crippen LogP contribution in [0.3, 0.4) is 0 Å². The second-order valence-electron chi connectivity index (χ2n) is 5.63. The zero-order chi connectivity index (χ0) is 17.4. The Bertz CT molecular complexity index is 295. The lowest BCUT2D eigenvalue weighted by Gasteiger charge is -2.23. The lowest BCUT2D eigenvalue weighted by Crippen LogP contribution is -2.41. The third-order valence-corrected chi connectivity index (χ3v) is 3.75. The van der Waals surface area contributed by atoms with Crippen LogP contribution in [0.25, 0.3) is 0 Å². The molecule has 3 N–H and O–H groups in total. The lowest BCUT2D eigenvalue weighted by atomic mass is 9.98. The van der Waals surface area contributed by atoms with Crippen molar-refractivity contribution in [2.75, 3.05) is 46.1 Å². The van der Waals surface area contributed by atoms with E-state index in [1.54, 1.807) is 0 Å². The van der Waals surface area contributed by atoms with Crippen LogP contribution in [0.4, 0.5) is 0 Å². The summed E-state index contributed by atoms with van der Waals surface area (Å²) in [6, 6.07) is 0. The molecule has 0 radical (unpaired) electrons. The normalized spacial score (nSPS) is 12.5. The van der Waals surface area contributed by atoms with E-state index >= 15 is 0 Å². The smallest absolute Gasteiger partial charge is 0.191 e. The van der Waals surface area contributed by atoms with E-state index in [0.717, 1.165) is 32.0 Å². The summed E-state index contributed by atoms with van der Waals surface area (Å²) in [5.74, 6) is 0.718. The van der Waals surface area contributed by atoms with E-state index in [0.29, 0.717) is 45.8 Å². The van der Waals surface area contributed by atoms with Crippen LogP contribution in [0.2, 0.25) is 0 Å². The summed E-state index contributed by atoms with van der Waals surface area (Å²) in [4.78, 5) is 4.46. The maximum atomic E-state index is 10.3. The zero-order valence-electron chi connectivity index (χ0n) is 15.5. The highest BCUT2D eigenvalue weighted by molar-refractivity contribution is 5.79. The van der Waals surface area contributed by atoms with Crippen molar-refractivity contribution in [3.63, 3.8) is 0 Å². The molecule has 0 saturated heterocycles. The molecule has 0 aliphatic rings. The molecule has 0 aliphatic carbocycles. The number of ether oxygens (including phenoxy) is 2. The fourth-order valence-corrected chi connectivity index (χ4v) is 1.85. The van der Waals surface area contributed by atoms with Crippen molar-refractivity contribution in [2.45, 2.75) is 59.0 Å². The molecule has 6 heteroatoms. The first-order valence-corrected chi connectivity index (χ1v) is 9.01. The third-order valence-electron chi connectivity index (χ3n) is 3.75. The molecule has 138 valence electrons. The van der Waals surface area contributed by atoms with Gasteiger partial charge in [-0.15, -0.1) is 0 Å². The van der Waals surface area contributed by atoms with Gasteiger partial charge in [-0.1, -0.05) is 27.2 Å². The summed E-state index contributed by atoms with van der Waals surface area (Å²) >= 11 is 0. The molecule has 6 nitrogen and oxygen atoms in total. The second-order valence-corrected chi connectivity index (χ2v) is 5.63. The van der Waals surface area contributed by atoms with Gasteiger partial charge in [0.25, 0.3) is 0 Å². The number of rotatable bonds is 14. The Morgan fingerprint density at radius 1 is 0.957 bits per heavy atom. The molecular weight excluding hydrogens is 294 g/mol. The minimum atomic E-state index is -0.714. The average Bonchev–Trinajstić information content (AvgIpc) is 2.57. The molecule has 23 heavy (non-hydrogen) atoms. The predicted octanol–water partition coefficient (Wildman–Crippen LogP) is 1.93. The van der Waals surface area contributed by atoms with Gasteiger partial charge in [0.2, 0.25) is 0 Å². The van der Waals surface area contributed by atoms with E-state index in [-0.39, 0.29) is 0 Å². The van der Waals surface area contributed by atoms with Crippen LogP contribution in [0, 0.1) is 0 Å². The van der Waals surface area contributed by atoms with Gasteiger partial charge in [-0.3, -0.25) is 4.99 Å². The molecule has 0 aromatic carbocycles. The summed E-state index contributed by atoms with van der Waals surface area (Å²) in [5.41, 5.74) is -0.714. The van der Waals surface area contributed by atoms with E-state index in [9.17, 15) is 5.11 Å². The van der Waals surface area contributed by atoms with Gasteiger partial charge in [0.15, 0.2) is 5.96 Å². The Morgan fingerprint density at radius 2 is 1.61 bits per heavy atom. The van der Waals surface area contributed by atoms with Gasteiger partial charge in [0.05, 0.1) is 32.0 Å². The Balaban J connectivity index is 3.88. The van der Waals surface area contributed by atoms with Gasteiger partial charge < -0.3 is 25.2 Å². The maximum absolute atomic E-state index is 10.3. The number of aliphatic hydroxyl groups is 1. The molecule has 0 atom stereocenters. The average molecular weight is 332 g/mol. The van der Waals surface area contributed by atoms with Crippen LogP contribution in [-0.4, -0.2) is 62.7 Å². The van der Waals surface area contributed by atoms with Crippen molar-refractivity contribution in [2.24, 2.45) is 4.99 Å². The van der Waals surface area contributed by atoms with Crippen LogP contribution in [-0.2, 0) is 9.47 Å². The first-order valence-electron chi connectivity index (χ1n) is 9.01. The van der Waals surface area contributed by atoms with Gasteiger partial charge in [-0.05, 0) is 26.2 Å². The summed E-state index contributed by atoms with van der Waals surface area (Å²) in [6.45, 7) is 12.7. The van der Waals surface area contributed by atoms with Crippen LogP contribution < -0.4 is 10.6 Å². The van der Waals surface area contributed by atoms with E-state index < -0.39 is 5.60 Å². The van der Waals surface area contributed by atoms with Gasteiger partial charge in [0, 0.05) is 19.7 Å². The topological polar surface area (TPSA) is 75.1 Å². The van der Waals surface area contributed by atoms with Crippen LogP contribution >= 0.6 is 0 Å². The maximum Gasteiger partial charge on any atom is 0.191 e. The molecule has 0 bridgehead atoms. The van der Waals surface area contributed by atoms with Crippen molar-refractivity contribution in [1.82, 2.24) is 10.6 Å². The number of nitrogens with zero attached hydrogens (tertiary/aromatic N) is 1. The van der Waals surface area contributed by atoms with Crippen LogP contribution in [0.5, 0.6) is 0 Å². The monoisotopic (exact) mass is 331 g/mol. The third kappa shape index (κ3) is 12.3.